The molecule has 0 radical (unpaired) electrons. The number of carbonyl (C=O) groups is 1. The number of carbonyl (C=O) groups excluding carboxylic acids is 1. The number of amides is 1. The Hall–Kier alpha value is -2.43. The van der Waals surface area contributed by atoms with Crippen LogP contribution in [0.25, 0.3) is 6.08 Å². The summed E-state index contributed by atoms with van der Waals surface area (Å²) in [4.78, 5) is 18.8. The Bertz CT molecular complexity index is 679. The summed E-state index contributed by atoms with van der Waals surface area (Å²) in [7, 11) is 0. The van der Waals surface area contributed by atoms with E-state index in [4.69, 9.17) is 4.52 Å². The van der Waals surface area contributed by atoms with Crippen molar-refractivity contribution < 1.29 is 9.32 Å². The molecule has 0 spiro atoms. The number of likely N-dealkylation sites (tertiary alicyclic amines) is 1. The number of nitrogens with zero attached hydrogens (tertiary/aromatic N) is 3. The van der Waals surface area contributed by atoms with Gasteiger partial charge in [0, 0.05) is 19.0 Å². The molecular formula is C18H21N3O2. The first-order valence-corrected chi connectivity index (χ1v) is 8.14. The first-order chi connectivity index (χ1) is 11.3. The third-order valence-electron chi connectivity index (χ3n) is 4.09. The highest BCUT2D eigenvalue weighted by Gasteiger charge is 2.30. The summed E-state index contributed by atoms with van der Waals surface area (Å²) < 4.78 is 5.36. The second-order valence-electron chi connectivity index (χ2n) is 5.69. The molecule has 3 rings (SSSR count). The molecule has 2 aromatic rings. The van der Waals surface area contributed by atoms with Crippen LogP contribution in [0.3, 0.4) is 0 Å². The minimum absolute atomic E-state index is 0.00481. The third kappa shape index (κ3) is 3.67. The van der Waals surface area contributed by atoms with E-state index in [1.54, 1.807) is 6.08 Å². The molecule has 1 aromatic carbocycles. The summed E-state index contributed by atoms with van der Waals surface area (Å²) in [6, 6.07) is 9.72. The lowest BCUT2D eigenvalue weighted by molar-refractivity contribution is -0.130. The molecule has 1 aromatic heterocycles. The van der Waals surface area contributed by atoms with E-state index < -0.39 is 0 Å². The molecule has 0 N–H and O–H groups in total. The van der Waals surface area contributed by atoms with E-state index in [1.807, 2.05) is 48.2 Å². The average Bonchev–Trinajstić information content (AvgIpc) is 3.09. The van der Waals surface area contributed by atoms with Crippen LogP contribution >= 0.6 is 0 Å². The summed E-state index contributed by atoms with van der Waals surface area (Å²) in [6.45, 7) is 2.72. The van der Waals surface area contributed by atoms with Crippen LogP contribution in [0.15, 0.2) is 40.9 Å². The Morgan fingerprint density at radius 3 is 2.91 bits per heavy atom. The van der Waals surface area contributed by atoms with E-state index in [1.165, 1.54) is 0 Å². The van der Waals surface area contributed by atoms with Gasteiger partial charge in [0.2, 0.25) is 11.8 Å². The summed E-state index contributed by atoms with van der Waals surface area (Å²) in [5.41, 5.74) is 1.01. The Kier molecular flexibility index (Phi) is 4.86. The fourth-order valence-corrected chi connectivity index (χ4v) is 2.83. The topological polar surface area (TPSA) is 59.2 Å². The standard InChI is InChI=1S/C18H21N3O2/c1-2-16-19-18(23-20-16)15-10-6-7-13-21(15)17(22)12-11-14-8-4-3-5-9-14/h3-5,8-9,11-12,15H,2,6-7,10,13H2,1H3/b12-11+/t15-/m0/s1. The van der Waals surface area contributed by atoms with Crippen molar-refractivity contribution in [1.29, 1.82) is 0 Å². The molecule has 1 aliphatic rings. The average molecular weight is 311 g/mol. The maximum Gasteiger partial charge on any atom is 0.249 e. The zero-order chi connectivity index (χ0) is 16.1. The summed E-state index contributed by atoms with van der Waals surface area (Å²) >= 11 is 0. The van der Waals surface area contributed by atoms with Gasteiger partial charge in [0.15, 0.2) is 5.82 Å². The van der Waals surface area contributed by atoms with Crippen LogP contribution in [0.4, 0.5) is 0 Å². The molecule has 0 bridgehead atoms. The number of hydrogen-bond donors (Lipinski definition) is 0. The van der Waals surface area contributed by atoms with Gasteiger partial charge in [-0.2, -0.15) is 4.98 Å². The Balaban J connectivity index is 1.75. The van der Waals surface area contributed by atoms with Crippen LogP contribution in [0, 0.1) is 0 Å². The molecule has 5 heteroatoms. The van der Waals surface area contributed by atoms with Gasteiger partial charge in [-0.15, -0.1) is 0 Å². The fourth-order valence-electron chi connectivity index (χ4n) is 2.83. The van der Waals surface area contributed by atoms with Crippen LogP contribution < -0.4 is 0 Å². The highest BCUT2D eigenvalue weighted by molar-refractivity contribution is 5.92. The van der Waals surface area contributed by atoms with E-state index >= 15 is 0 Å². The smallest absolute Gasteiger partial charge is 0.249 e. The second kappa shape index (κ2) is 7.22. The number of benzene rings is 1. The molecule has 1 saturated heterocycles. The summed E-state index contributed by atoms with van der Waals surface area (Å²) in [5, 5.41) is 3.96. The zero-order valence-corrected chi connectivity index (χ0v) is 13.3. The molecule has 0 unspecified atom stereocenters. The van der Waals surface area contributed by atoms with Crippen LogP contribution in [-0.2, 0) is 11.2 Å². The van der Waals surface area contributed by atoms with Crippen molar-refractivity contribution in [3.8, 4) is 0 Å². The number of aromatic nitrogens is 2. The second-order valence-corrected chi connectivity index (χ2v) is 5.69. The van der Waals surface area contributed by atoms with Gasteiger partial charge in [0.1, 0.15) is 6.04 Å². The Morgan fingerprint density at radius 2 is 2.17 bits per heavy atom. The lowest BCUT2D eigenvalue weighted by Crippen LogP contribution is -2.37. The van der Waals surface area contributed by atoms with Gasteiger partial charge < -0.3 is 9.42 Å². The molecule has 1 fully saturated rings. The molecule has 0 aliphatic carbocycles. The molecule has 2 heterocycles. The number of rotatable bonds is 4. The normalized spacial score (nSPS) is 18.5. The summed E-state index contributed by atoms with van der Waals surface area (Å²) in [5.74, 6) is 1.25. The van der Waals surface area contributed by atoms with Crippen molar-refractivity contribution in [3.63, 3.8) is 0 Å². The Morgan fingerprint density at radius 1 is 1.35 bits per heavy atom. The highest BCUT2D eigenvalue weighted by atomic mass is 16.5. The van der Waals surface area contributed by atoms with E-state index in [0.29, 0.717) is 11.7 Å². The van der Waals surface area contributed by atoms with E-state index in [-0.39, 0.29) is 11.9 Å². The van der Waals surface area contributed by atoms with Gasteiger partial charge in [-0.1, -0.05) is 42.4 Å². The quantitative estimate of drug-likeness (QED) is 0.812. The first-order valence-electron chi connectivity index (χ1n) is 8.14. The maximum atomic E-state index is 12.6. The van der Waals surface area contributed by atoms with Crippen LogP contribution in [0.1, 0.15) is 49.5 Å². The van der Waals surface area contributed by atoms with Gasteiger partial charge in [-0.25, -0.2) is 0 Å². The SMILES string of the molecule is CCc1noc([C@@H]2CCCCN2C(=O)/C=C/c2ccccc2)n1. The van der Waals surface area contributed by atoms with Crippen molar-refractivity contribution in [3.05, 3.63) is 53.7 Å². The number of hydrogen-bond acceptors (Lipinski definition) is 4. The first kappa shape index (κ1) is 15.5. The summed E-state index contributed by atoms with van der Waals surface area (Å²) in [6.07, 6.45) is 7.16. The lowest BCUT2D eigenvalue weighted by atomic mass is 10.0. The van der Waals surface area contributed by atoms with Crippen LogP contribution in [0.2, 0.25) is 0 Å². The van der Waals surface area contributed by atoms with Crippen molar-refractivity contribution in [2.75, 3.05) is 6.54 Å². The number of piperidine rings is 1. The predicted octanol–water partition coefficient (Wildman–Crippen LogP) is 3.40. The molecular weight excluding hydrogens is 290 g/mol. The van der Waals surface area contributed by atoms with Crippen molar-refractivity contribution in [2.24, 2.45) is 0 Å². The molecule has 5 nitrogen and oxygen atoms in total. The van der Waals surface area contributed by atoms with Gasteiger partial charge >= 0.3 is 0 Å². The van der Waals surface area contributed by atoms with Crippen molar-refractivity contribution in [1.82, 2.24) is 15.0 Å². The highest BCUT2D eigenvalue weighted by Crippen LogP contribution is 2.30. The maximum absolute atomic E-state index is 12.6. The number of aryl methyl sites for hydroxylation is 1. The van der Waals surface area contributed by atoms with Crippen molar-refractivity contribution >= 4 is 12.0 Å². The Labute approximate surface area is 136 Å². The van der Waals surface area contributed by atoms with E-state index in [9.17, 15) is 4.79 Å². The van der Waals surface area contributed by atoms with Crippen molar-refractivity contribution in [2.45, 2.75) is 38.6 Å². The van der Waals surface area contributed by atoms with Crippen LogP contribution in [0.5, 0.6) is 0 Å². The van der Waals surface area contributed by atoms with Crippen LogP contribution in [-0.4, -0.2) is 27.5 Å². The zero-order valence-electron chi connectivity index (χ0n) is 13.3. The molecule has 0 saturated carbocycles. The van der Waals surface area contributed by atoms with E-state index in [0.717, 1.165) is 37.8 Å². The molecule has 23 heavy (non-hydrogen) atoms. The predicted molar refractivity (Wildman–Crippen MR) is 87.5 cm³/mol. The lowest BCUT2D eigenvalue weighted by Gasteiger charge is -2.32. The third-order valence-corrected chi connectivity index (χ3v) is 4.09. The molecule has 1 amide bonds. The van der Waals surface area contributed by atoms with Gasteiger partial charge in [0.05, 0.1) is 0 Å². The van der Waals surface area contributed by atoms with Gasteiger partial charge in [0.25, 0.3) is 0 Å². The minimum atomic E-state index is -0.107. The fraction of sp³-hybridized carbons (Fsp3) is 0.389. The van der Waals surface area contributed by atoms with Gasteiger partial charge in [-0.05, 0) is 30.9 Å². The van der Waals surface area contributed by atoms with Gasteiger partial charge in [-0.3, -0.25) is 4.79 Å². The monoisotopic (exact) mass is 311 g/mol. The van der Waals surface area contributed by atoms with E-state index in [2.05, 4.69) is 10.1 Å². The largest absolute Gasteiger partial charge is 0.337 e. The molecule has 120 valence electrons. The molecule has 1 atom stereocenters. The minimum Gasteiger partial charge on any atom is -0.337 e. The molecule has 1 aliphatic heterocycles.